The van der Waals surface area contributed by atoms with Crippen LogP contribution in [0.5, 0.6) is 0 Å². The van der Waals surface area contributed by atoms with E-state index in [0.29, 0.717) is 5.56 Å². The molecule has 0 spiro atoms. The van der Waals surface area contributed by atoms with Crippen LogP contribution < -0.4 is 0 Å². The fraction of sp³-hybridized carbons (Fsp3) is 0.333. The molecule has 0 aliphatic rings. The molecule has 0 saturated heterocycles. The Balaban J connectivity index is 2.82. The molecule has 4 heteroatoms. The van der Waals surface area contributed by atoms with Crippen molar-refractivity contribution in [2.45, 2.75) is 5.92 Å². The number of carboxylic acids is 1. The van der Waals surface area contributed by atoms with Crippen LogP contribution >= 0.6 is 0 Å². The van der Waals surface area contributed by atoms with Crippen LogP contribution in [0.1, 0.15) is 11.5 Å². The summed E-state index contributed by atoms with van der Waals surface area (Å²) >= 11 is 0. The summed E-state index contributed by atoms with van der Waals surface area (Å²) in [5.74, 6) is -1.52. The molecular weight excluding hydrogens is 170 g/mol. The lowest BCUT2D eigenvalue weighted by Gasteiger charge is -2.10. The van der Waals surface area contributed by atoms with Crippen molar-refractivity contribution in [1.29, 1.82) is 0 Å². The second kappa shape index (κ2) is 4.57. The number of ether oxygens (including phenoxy) is 1. The van der Waals surface area contributed by atoms with Gasteiger partial charge in [-0.3, -0.25) is 9.78 Å². The van der Waals surface area contributed by atoms with Crippen LogP contribution in [0, 0.1) is 0 Å². The first-order valence-electron chi connectivity index (χ1n) is 3.87. The molecule has 0 amide bonds. The largest absolute Gasteiger partial charge is 0.481 e. The minimum absolute atomic E-state index is 0.168. The summed E-state index contributed by atoms with van der Waals surface area (Å²) in [6, 6.07) is 3.44. The Morgan fingerprint density at radius 1 is 1.77 bits per heavy atom. The van der Waals surface area contributed by atoms with Crippen LogP contribution in [0.25, 0.3) is 0 Å². The van der Waals surface area contributed by atoms with Crippen molar-refractivity contribution in [3.8, 4) is 0 Å². The first-order chi connectivity index (χ1) is 6.25. The molecule has 13 heavy (non-hydrogen) atoms. The van der Waals surface area contributed by atoms with Gasteiger partial charge in [-0.1, -0.05) is 6.07 Å². The topological polar surface area (TPSA) is 59.4 Å². The number of aromatic nitrogens is 1. The zero-order valence-electron chi connectivity index (χ0n) is 7.30. The molecule has 0 aliphatic carbocycles. The lowest BCUT2D eigenvalue weighted by Crippen LogP contribution is -2.16. The van der Waals surface area contributed by atoms with Crippen molar-refractivity contribution in [2.75, 3.05) is 13.7 Å². The standard InChI is InChI=1S/C9H11NO3/c1-13-6-8(9(11)12)7-3-2-4-10-5-7/h2-5,8H,6H2,1H3,(H,11,12). The van der Waals surface area contributed by atoms with E-state index in [1.54, 1.807) is 18.3 Å². The van der Waals surface area contributed by atoms with Crippen molar-refractivity contribution in [3.63, 3.8) is 0 Å². The van der Waals surface area contributed by atoms with Gasteiger partial charge in [0, 0.05) is 19.5 Å². The number of methoxy groups -OCH3 is 1. The molecule has 1 aromatic rings. The van der Waals surface area contributed by atoms with Crippen LogP contribution in [0.15, 0.2) is 24.5 Å². The van der Waals surface area contributed by atoms with Crippen molar-refractivity contribution in [3.05, 3.63) is 30.1 Å². The maximum absolute atomic E-state index is 10.8. The van der Waals surface area contributed by atoms with Gasteiger partial charge >= 0.3 is 5.97 Å². The van der Waals surface area contributed by atoms with Gasteiger partial charge in [-0.15, -0.1) is 0 Å². The molecule has 70 valence electrons. The molecule has 0 aromatic carbocycles. The normalized spacial score (nSPS) is 12.4. The summed E-state index contributed by atoms with van der Waals surface area (Å²) in [5.41, 5.74) is 0.664. The molecule has 1 atom stereocenters. The van der Waals surface area contributed by atoms with E-state index in [2.05, 4.69) is 4.98 Å². The van der Waals surface area contributed by atoms with E-state index >= 15 is 0 Å². The Morgan fingerprint density at radius 2 is 2.54 bits per heavy atom. The number of rotatable bonds is 4. The van der Waals surface area contributed by atoms with Crippen LogP contribution in [0.4, 0.5) is 0 Å². The smallest absolute Gasteiger partial charge is 0.313 e. The Morgan fingerprint density at radius 3 is 3.00 bits per heavy atom. The zero-order chi connectivity index (χ0) is 9.68. The van der Waals surface area contributed by atoms with Crippen LogP contribution in [-0.2, 0) is 9.53 Å². The van der Waals surface area contributed by atoms with Crippen molar-refractivity contribution < 1.29 is 14.6 Å². The van der Waals surface area contributed by atoms with Gasteiger partial charge in [0.25, 0.3) is 0 Å². The summed E-state index contributed by atoms with van der Waals surface area (Å²) in [7, 11) is 1.48. The number of hydrogen-bond acceptors (Lipinski definition) is 3. The molecule has 0 radical (unpaired) electrons. The summed E-state index contributed by atoms with van der Waals surface area (Å²) in [6.45, 7) is 0.168. The minimum atomic E-state index is -0.894. The fourth-order valence-electron chi connectivity index (χ4n) is 1.06. The maximum atomic E-state index is 10.8. The Labute approximate surface area is 76.2 Å². The van der Waals surface area contributed by atoms with Gasteiger partial charge in [-0.25, -0.2) is 0 Å². The molecule has 1 unspecified atom stereocenters. The minimum Gasteiger partial charge on any atom is -0.481 e. The number of hydrogen-bond donors (Lipinski definition) is 1. The third-order valence-corrected chi connectivity index (χ3v) is 1.72. The highest BCUT2D eigenvalue weighted by molar-refractivity contribution is 5.76. The molecule has 1 aromatic heterocycles. The number of carboxylic acid groups (broad SMARTS) is 1. The van der Waals surface area contributed by atoms with Crippen LogP contribution in [0.2, 0.25) is 0 Å². The van der Waals surface area contributed by atoms with Crippen LogP contribution in [0.3, 0.4) is 0 Å². The summed E-state index contributed by atoms with van der Waals surface area (Å²) in [4.78, 5) is 14.6. The van der Waals surface area contributed by atoms with Gasteiger partial charge in [0.1, 0.15) is 5.92 Å². The summed E-state index contributed by atoms with van der Waals surface area (Å²) in [6.07, 6.45) is 3.15. The first-order valence-corrected chi connectivity index (χ1v) is 3.87. The number of nitrogens with zero attached hydrogens (tertiary/aromatic N) is 1. The van der Waals surface area contributed by atoms with Crippen molar-refractivity contribution in [2.24, 2.45) is 0 Å². The predicted molar refractivity (Wildman–Crippen MR) is 46.5 cm³/mol. The molecule has 0 aliphatic heterocycles. The van der Waals surface area contributed by atoms with Crippen molar-refractivity contribution in [1.82, 2.24) is 4.98 Å². The molecular formula is C9H11NO3. The highest BCUT2D eigenvalue weighted by Gasteiger charge is 2.19. The molecule has 1 rings (SSSR count). The highest BCUT2D eigenvalue weighted by atomic mass is 16.5. The average molecular weight is 181 g/mol. The molecule has 0 fully saturated rings. The molecule has 0 bridgehead atoms. The average Bonchev–Trinajstić information content (AvgIpc) is 2.15. The van der Waals surface area contributed by atoms with Gasteiger partial charge in [-0.2, -0.15) is 0 Å². The number of carbonyl (C=O) groups is 1. The third-order valence-electron chi connectivity index (χ3n) is 1.72. The summed E-state index contributed by atoms with van der Waals surface area (Å²) < 4.78 is 4.81. The SMILES string of the molecule is COCC(C(=O)O)c1cccnc1. The molecule has 4 nitrogen and oxygen atoms in total. The maximum Gasteiger partial charge on any atom is 0.313 e. The number of aliphatic carboxylic acids is 1. The predicted octanol–water partition coefficient (Wildman–Crippen LogP) is 0.896. The van der Waals surface area contributed by atoms with Gasteiger partial charge in [0.05, 0.1) is 6.61 Å². The van der Waals surface area contributed by atoms with Gasteiger partial charge in [0.2, 0.25) is 0 Å². The quantitative estimate of drug-likeness (QED) is 0.749. The first kappa shape index (κ1) is 9.67. The van der Waals surface area contributed by atoms with E-state index in [9.17, 15) is 4.79 Å². The molecule has 1 N–H and O–H groups in total. The fourth-order valence-corrected chi connectivity index (χ4v) is 1.06. The molecule has 0 saturated carbocycles. The zero-order valence-corrected chi connectivity index (χ0v) is 7.30. The molecule has 1 heterocycles. The second-order valence-corrected chi connectivity index (χ2v) is 2.63. The van der Waals surface area contributed by atoms with Gasteiger partial charge < -0.3 is 9.84 Å². The van der Waals surface area contributed by atoms with Gasteiger partial charge in [-0.05, 0) is 11.6 Å². The van der Waals surface area contributed by atoms with Gasteiger partial charge in [0.15, 0.2) is 0 Å². The van der Waals surface area contributed by atoms with E-state index in [1.165, 1.54) is 13.3 Å². The van der Waals surface area contributed by atoms with E-state index in [-0.39, 0.29) is 6.61 Å². The van der Waals surface area contributed by atoms with Crippen LogP contribution in [-0.4, -0.2) is 29.8 Å². The van der Waals surface area contributed by atoms with E-state index in [4.69, 9.17) is 9.84 Å². The third kappa shape index (κ3) is 2.52. The Bertz CT molecular complexity index is 273. The van der Waals surface area contributed by atoms with Crippen molar-refractivity contribution >= 4 is 5.97 Å². The second-order valence-electron chi connectivity index (χ2n) is 2.63. The van der Waals surface area contributed by atoms with E-state index in [1.807, 2.05) is 0 Å². The van der Waals surface area contributed by atoms with E-state index < -0.39 is 11.9 Å². The Hall–Kier alpha value is -1.42. The Kier molecular flexibility index (Phi) is 3.40. The monoisotopic (exact) mass is 181 g/mol. The summed E-state index contributed by atoms with van der Waals surface area (Å²) in [5, 5.41) is 8.85. The highest BCUT2D eigenvalue weighted by Crippen LogP contribution is 2.14. The van der Waals surface area contributed by atoms with E-state index in [0.717, 1.165) is 0 Å². The number of pyridine rings is 1. The lowest BCUT2D eigenvalue weighted by atomic mass is 10.0. The lowest BCUT2D eigenvalue weighted by molar-refractivity contribution is -0.140.